The Morgan fingerprint density at radius 3 is 2.44 bits per heavy atom. The van der Waals surface area contributed by atoms with Gasteiger partial charge in [-0.15, -0.1) is 0 Å². The molecule has 134 valence electrons. The number of hydrogen-bond donors (Lipinski definition) is 1. The van der Waals surface area contributed by atoms with Crippen LogP contribution in [0.5, 0.6) is 5.75 Å². The van der Waals surface area contributed by atoms with Crippen LogP contribution in [-0.4, -0.2) is 11.0 Å². The molecule has 0 fully saturated rings. The molecule has 0 unspecified atom stereocenters. The Morgan fingerprint density at radius 1 is 1.11 bits per heavy atom. The molecule has 3 rings (SSSR count). The Kier molecular flexibility index (Phi) is 5.31. The van der Waals surface area contributed by atoms with Crippen molar-refractivity contribution >= 4 is 29.2 Å². The Balaban J connectivity index is 1.87. The van der Waals surface area contributed by atoms with Crippen LogP contribution in [0, 0.1) is 18.3 Å². The predicted molar refractivity (Wildman–Crippen MR) is 103 cm³/mol. The maximum Gasteiger partial charge on any atom is 0.345 e. The fraction of sp³-hybridized carbons (Fsp3) is 0.0500. The number of aryl methyl sites for hydroxylation is 1. The topological polar surface area (TPSA) is 82.9 Å². The van der Waals surface area contributed by atoms with Crippen molar-refractivity contribution in [1.29, 1.82) is 5.26 Å². The van der Waals surface area contributed by atoms with E-state index in [1.54, 1.807) is 43.3 Å². The third-order valence-corrected chi connectivity index (χ3v) is 4.35. The summed E-state index contributed by atoms with van der Waals surface area (Å²) in [6.07, 6.45) is 0. The second-order valence-corrected chi connectivity index (χ2v) is 6.56. The standard InChI is InChI=1S/C20H12Cl2N2O3/c1-11-8-16(17(10-23)19(25)24-11)12-2-5-14(6-3-12)27-20(26)15-7-4-13(21)9-18(15)22/h2-9H,1H3,(H,24,25). The van der Waals surface area contributed by atoms with Gasteiger partial charge >= 0.3 is 5.97 Å². The number of halogens is 2. The van der Waals surface area contributed by atoms with Crippen LogP contribution in [0.25, 0.3) is 11.1 Å². The van der Waals surface area contributed by atoms with Crippen LogP contribution in [0.4, 0.5) is 0 Å². The molecule has 0 aliphatic rings. The maximum atomic E-state index is 12.3. The molecular weight excluding hydrogens is 387 g/mol. The second kappa shape index (κ2) is 7.67. The van der Waals surface area contributed by atoms with Gasteiger partial charge in [-0.3, -0.25) is 4.79 Å². The van der Waals surface area contributed by atoms with Gasteiger partial charge in [0.2, 0.25) is 0 Å². The van der Waals surface area contributed by atoms with Crippen molar-refractivity contribution < 1.29 is 9.53 Å². The van der Waals surface area contributed by atoms with Crippen LogP contribution in [0.1, 0.15) is 21.6 Å². The lowest BCUT2D eigenvalue weighted by Crippen LogP contribution is -2.12. The predicted octanol–water partition coefficient (Wildman–Crippen LogP) is 4.75. The summed E-state index contributed by atoms with van der Waals surface area (Å²) in [6, 6.07) is 14.6. The smallest absolute Gasteiger partial charge is 0.345 e. The van der Waals surface area contributed by atoms with Gasteiger partial charge in [-0.05, 0) is 48.9 Å². The summed E-state index contributed by atoms with van der Waals surface area (Å²) in [5.41, 5.74) is 1.59. The van der Waals surface area contributed by atoms with E-state index in [4.69, 9.17) is 27.9 Å². The monoisotopic (exact) mass is 398 g/mol. The molecule has 27 heavy (non-hydrogen) atoms. The number of nitrogens with one attached hydrogen (secondary N) is 1. The van der Waals surface area contributed by atoms with Crippen molar-refractivity contribution in [2.24, 2.45) is 0 Å². The Morgan fingerprint density at radius 2 is 1.81 bits per heavy atom. The summed E-state index contributed by atoms with van der Waals surface area (Å²) in [7, 11) is 0. The third-order valence-electron chi connectivity index (χ3n) is 3.81. The Labute approximate surface area is 164 Å². The second-order valence-electron chi connectivity index (χ2n) is 5.72. The maximum absolute atomic E-state index is 12.3. The third kappa shape index (κ3) is 4.03. The fourth-order valence-corrected chi connectivity index (χ4v) is 3.03. The fourth-order valence-electron chi connectivity index (χ4n) is 2.55. The first-order valence-corrected chi connectivity index (χ1v) is 8.56. The number of nitrogens with zero attached hydrogens (tertiary/aromatic N) is 1. The molecule has 1 N–H and O–H groups in total. The molecular formula is C20H12Cl2N2O3. The number of aromatic amines is 1. The summed E-state index contributed by atoms with van der Waals surface area (Å²) < 4.78 is 5.32. The summed E-state index contributed by atoms with van der Waals surface area (Å²) in [4.78, 5) is 26.8. The highest BCUT2D eigenvalue weighted by Crippen LogP contribution is 2.26. The van der Waals surface area contributed by atoms with E-state index in [-0.39, 0.29) is 16.1 Å². The van der Waals surface area contributed by atoms with Crippen molar-refractivity contribution in [2.45, 2.75) is 6.92 Å². The van der Waals surface area contributed by atoms with E-state index in [1.807, 2.05) is 6.07 Å². The lowest BCUT2D eigenvalue weighted by Gasteiger charge is -2.08. The number of hydrogen-bond acceptors (Lipinski definition) is 4. The first kappa shape index (κ1) is 18.7. The molecule has 0 atom stereocenters. The summed E-state index contributed by atoms with van der Waals surface area (Å²) in [6.45, 7) is 1.73. The average molecular weight is 399 g/mol. The molecule has 5 nitrogen and oxygen atoms in total. The number of carbonyl (C=O) groups is 1. The van der Waals surface area contributed by atoms with Crippen LogP contribution >= 0.6 is 23.2 Å². The highest BCUT2D eigenvalue weighted by Gasteiger charge is 2.14. The van der Waals surface area contributed by atoms with Crippen LogP contribution < -0.4 is 10.3 Å². The SMILES string of the molecule is Cc1cc(-c2ccc(OC(=O)c3ccc(Cl)cc3Cl)cc2)c(C#N)c(=O)[nH]1. The van der Waals surface area contributed by atoms with Crippen LogP contribution in [0.2, 0.25) is 10.0 Å². The van der Waals surface area contributed by atoms with Crippen molar-refractivity contribution in [3.8, 4) is 22.9 Å². The largest absolute Gasteiger partial charge is 0.423 e. The molecule has 0 bridgehead atoms. The number of carbonyl (C=O) groups excluding carboxylic acids is 1. The zero-order valence-corrected chi connectivity index (χ0v) is 15.6. The number of pyridine rings is 1. The van der Waals surface area contributed by atoms with Crippen LogP contribution in [-0.2, 0) is 0 Å². The molecule has 0 saturated heterocycles. The van der Waals surface area contributed by atoms with Gasteiger partial charge in [0.15, 0.2) is 0 Å². The summed E-state index contributed by atoms with van der Waals surface area (Å²) in [5.74, 6) is -0.316. The van der Waals surface area contributed by atoms with E-state index in [2.05, 4.69) is 4.98 Å². The van der Waals surface area contributed by atoms with E-state index < -0.39 is 11.5 Å². The molecule has 0 spiro atoms. The van der Waals surface area contributed by atoms with Crippen molar-refractivity contribution in [1.82, 2.24) is 4.98 Å². The molecule has 1 aromatic heterocycles. The minimum atomic E-state index is -0.617. The molecule has 0 amide bonds. The van der Waals surface area contributed by atoms with Gasteiger partial charge in [0, 0.05) is 16.3 Å². The molecule has 0 saturated carbocycles. The zero-order chi connectivity index (χ0) is 19.6. The van der Waals surface area contributed by atoms with Crippen molar-refractivity contribution in [3.63, 3.8) is 0 Å². The van der Waals surface area contributed by atoms with E-state index in [0.717, 1.165) is 0 Å². The highest BCUT2D eigenvalue weighted by atomic mass is 35.5. The molecule has 1 heterocycles. The molecule has 0 aliphatic heterocycles. The first-order chi connectivity index (χ1) is 12.9. The van der Waals surface area contributed by atoms with E-state index in [1.165, 1.54) is 12.1 Å². The molecule has 3 aromatic rings. The van der Waals surface area contributed by atoms with E-state index in [9.17, 15) is 14.9 Å². The minimum Gasteiger partial charge on any atom is -0.423 e. The highest BCUT2D eigenvalue weighted by molar-refractivity contribution is 6.36. The van der Waals surface area contributed by atoms with E-state index in [0.29, 0.717) is 27.6 Å². The number of rotatable bonds is 3. The minimum absolute atomic E-state index is 0.0262. The number of ether oxygens (including phenoxy) is 1. The van der Waals surface area contributed by atoms with Gasteiger partial charge in [0.1, 0.15) is 17.4 Å². The number of esters is 1. The van der Waals surface area contributed by atoms with Gasteiger partial charge in [-0.2, -0.15) is 5.26 Å². The normalized spacial score (nSPS) is 10.3. The van der Waals surface area contributed by atoms with Gasteiger partial charge in [0.25, 0.3) is 5.56 Å². The van der Waals surface area contributed by atoms with Crippen molar-refractivity contribution in [2.75, 3.05) is 0 Å². The van der Waals surface area contributed by atoms with Gasteiger partial charge in [-0.1, -0.05) is 35.3 Å². The Bertz CT molecular complexity index is 1130. The van der Waals surface area contributed by atoms with Gasteiger partial charge in [0.05, 0.1) is 10.6 Å². The number of benzene rings is 2. The molecule has 2 aromatic carbocycles. The quantitative estimate of drug-likeness (QED) is 0.509. The number of aromatic nitrogens is 1. The molecule has 0 radical (unpaired) electrons. The van der Waals surface area contributed by atoms with E-state index >= 15 is 0 Å². The number of nitriles is 1. The molecule has 7 heteroatoms. The van der Waals surface area contributed by atoms with Gasteiger partial charge < -0.3 is 9.72 Å². The summed E-state index contributed by atoms with van der Waals surface area (Å²) >= 11 is 11.8. The number of H-pyrrole nitrogens is 1. The Hall–Kier alpha value is -3.07. The van der Waals surface area contributed by atoms with Gasteiger partial charge in [-0.25, -0.2) is 4.79 Å². The van der Waals surface area contributed by atoms with Crippen LogP contribution in [0.3, 0.4) is 0 Å². The van der Waals surface area contributed by atoms with Crippen LogP contribution in [0.15, 0.2) is 53.3 Å². The molecule has 0 aliphatic carbocycles. The lowest BCUT2D eigenvalue weighted by molar-refractivity contribution is 0.0735. The zero-order valence-electron chi connectivity index (χ0n) is 14.0. The van der Waals surface area contributed by atoms with Crippen molar-refractivity contribution in [3.05, 3.63) is 85.8 Å². The average Bonchev–Trinajstić information content (AvgIpc) is 2.61. The lowest BCUT2D eigenvalue weighted by atomic mass is 10.0. The first-order valence-electron chi connectivity index (χ1n) is 7.80. The summed E-state index contributed by atoms with van der Waals surface area (Å²) in [5, 5.41) is 9.85.